The summed E-state index contributed by atoms with van der Waals surface area (Å²) >= 11 is 0. The van der Waals surface area contributed by atoms with Crippen molar-refractivity contribution >= 4 is 103 Å². The van der Waals surface area contributed by atoms with E-state index in [2.05, 4.69) is 305 Å². The summed E-state index contributed by atoms with van der Waals surface area (Å²) in [6.45, 7) is 17.5. The Morgan fingerprint density at radius 2 is 0.591 bits per heavy atom. The predicted octanol–water partition coefficient (Wildman–Crippen LogP) is 18.7. The molecule has 18 rings (SSSR count). The Morgan fingerprint density at radius 3 is 0.977 bits per heavy atom. The average molecular weight is 1130 g/mol. The lowest BCUT2D eigenvalue weighted by Crippen LogP contribution is -2.56. The van der Waals surface area contributed by atoms with Crippen molar-refractivity contribution in [3.8, 4) is 66.8 Å². The molecule has 0 atom stereocenters. The molecule has 0 aliphatic carbocycles. The van der Waals surface area contributed by atoms with Gasteiger partial charge in [0.15, 0.2) is 0 Å². The van der Waals surface area contributed by atoms with E-state index in [1.165, 1.54) is 189 Å². The Kier molecular flexibility index (Phi) is 10.8. The topological polar surface area (TPSA) is 16.3 Å². The van der Waals surface area contributed by atoms with Crippen molar-refractivity contribution in [3.63, 3.8) is 0 Å². The SMILES string of the molecule is Cc1ccc(C)c(-c2cccc(N3c4cc(-c5cc(C)ccc5C)ccc4B4c5c(cccc53)-c3cccc5c3n4c3c4cccc6c4n(c53)B3c4ccc(-c5cc(C)ccc5C)cc4N(c4cccc(-c5cc(C)ccc5C)c4)c4cccc-6c43)c2)c1. The van der Waals surface area contributed by atoms with Gasteiger partial charge < -0.3 is 18.8 Å². The van der Waals surface area contributed by atoms with Gasteiger partial charge in [-0.1, -0.05) is 204 Å². The summed E-state index contributed by atoms with van der Waals surface area (Å²) in [5.41, 5.74) is 42.7. The van der Waals surface area contributed by atoms with Crippen LogP contribution in [-0.2, 0) is 0 Å². The van der Waals surface area contributed by atoms with Crippen LogP contribution in [0.4, 0.5) is 34.1 Å². The van der Waals surface area contributed by atoms with Crippen LogP contribution in [0.3, 0.4) is 0 Å². The zero-order valence-electron chi connectivity index (χ0n) is 50.9. The lowest BCUT2D eigenvalue weighted by Gasteiger charge is -2.41. The molecule has 6 heteroatoms. The minimum Gasteiger partial charge on any atom is -0.374 e. The number of rotatable bonds is 6. The molecule has 4 aliphatic rings. The van der Waals surface area contributed by atoms with Crippen LogP contribution in [0.15, 0.2) is 231 Å². The summed E-state index contributed by atoms with van der Waals surface area (Å²) in [7, 11) is 0. The molecule has 416 valence electrons. The van der Waals surface area contributed by atoms with Crippen LogP contribution in [0.5, 0.6) is 0 Å². The van der Waals surface area contributed by atoms with E-state index in [9.17, 15) is 0 Å². The summed E-state index contributed by atoms with van der Waals surface area (Å²) < 4.78 is 5.59. The third-order valence-corrected chi connectivity index (χ3v) is 20.2. The first-order valence-electron chi connectivity index (χ1n) is 31.2. The highest BCUT2D eigenvalue weighted by Gasteiger charge is 2.47. The van der Waals surface area contributed by atoms with E-state index >= 15 is 0 Å². The zero-order valence-corrected chi connectivity index (χ0v) is 50.9. The number of fused-ring (bicyclic) bond motifs is 13. The van der Waals surface area contributed by atoms with Crippen LogP contribution < -0.4 is 31.7 Å². The molecular formula is C82H62B2N4. The van der Waals surface area contributed by atoms with Gasteiger partial charge in [0.2, 0.25) is 0 Å². The second-order valence-corrected chi connectivity index (χ2v) is 25.7. The number of hydrogen-bond donors (Lipinski definition) is 0. The van der Waals surface area contributed by atoms with E-state index < -0.39 is 0 Å². The van der Waals surface area contributed by atoms with Crippen LogP contribution in [-0.4, -0.2) is 22.7 Å². The fraction of sp³-hybridized carbons (Fsp3) is 0.0976. The van der Waals surface area contributed by atoms with Crippen molar-refractivity contribution in [2.24, 2.45) is 0 Å². The molecule has 12 aromatic carbocycles. The molecule has 0 radical (unpaired) electrons. The molecule has 0 spiro atoms. The Hall–Kier alpha value is -10.3. The van der Waals surface area contributed by atoms with Gasteiger partial charge in [-0.3, -0.25) is 0 Å². The maximum Gasteiger partial charge on any atom is 0.333 e. The van der Waals surface area contributed by atoms with Crippen LogP contribution in [0.25, 0.3) is 99.6 Å². The highest BCUT2D eigenvalue weighted by Crippen LogP contribution is 2.52. The molecule has 0 N–H and O–H groups in total. The predicted molar refractivity (Wildman–Crippen MR) is 376 cm³/mol. The summed E-state index contributed by atoms with van der Waals surface area (Å²) in [4.78, 5) is 5.17. The lowest BCUT2D eigenvalue weighted by atomic mass is 9.45. The van der Waals surface area contributed by atoms with Gasteiger partial charge in [-0.05, 0) is 204 Å². The van der Waals surface area contributed by atoms with E-state index in [-0.39, 0.29) is 13.7 Å². The number of aromatic nitrogens is 2. The van der Waals surface area contributed by atoms with Gasteiger partial charge in [-0.25, -0.2) is 0 Å². The molecule has 0 fully saturated rings. The number of anilines is 6. The monoisotopic (exact) mass is 1120 g/mol. The van der Waals surface area contributed by atoms with Gasteiger partial charge in [0.25, 0.3) is 0 Å². The fourth-order valence-corrected chi connectivity index (χ4v) is 16.2. The number of benzene rings is 12. The molecule has 0 saturated heterocycles. The van der Waals surface area contributed by atoms with Crippen molar-refractivity contribution in [1.29, 1.82) is 0 Å². The summed E-state index contributed by atoms with van der Waals surface area (Å²) in [6, 6.07) is 89.1. The van der Waals surface area contributed by atoms with Crippen LogP contribution >= 0.6 is 0 Å². The Labute approximate surface area is 515 Å². The van der Waals surface area contributed by atoms with E-state index in [1.54, 1.807) is 0 Å². The van der Waals surface area contributed by atoms with Crippen molar-refractivity contribution in [3.05, 3.63) is 275 Å². The second kappa shape index (κ2) is 18.6. The smallest absolute Gasteiger partial charge is 0.333 e. The molecule has 14 aromatic rings. The molecule has 2 aromatic heterocycles. The first kappa shape index (κ1) is 51.0. The Balaban J connectivity index is 0.914. The Bertz CT molecular complexity index is 5090. The molecule has 0 bridgehead atoms. The highest BCUT2D eigenvalue weighted by molar-refractivity contribution is 6.92. The average Bonchev–Trinajstić information content (AvgIpc) is 1.45. The third kappa shape index (κ3) is 7.11. The van der Waals surface area contributed by atoms with Gasteiger partial charge in [0.05, 0.1) is 11.0 Å². The molecule has 0 unspecified atom stereocenters. The quantitative estimate of drug-likeness (QED) is 0.154. The molecule has 0 amide bonds. The number of nitrogens with zero attached hydrogens (tertiary/aromatic N) is 4. The molecule has 6 heterocycles. The van der Waals surface area contributed by atoms with E-state index in [4.69, 9.17) is 0 Å². The molecule has 4 aliphatic heterocycles. The van der Waals surface area contributed by atoms with Gasteiger partial charge >= 0.3 is 13.7 Å². The number of hydrogen-bond acceptors (Lipinski definition) is 2. The van der Waals surface area contributed by atoms with Gasteiger partial charge in [-0.15, -0.1) is 0 Å². The van der Waals surface area contributed by atoms with Gasteiger partial charge in [0.1, 0.15) is 0 Å². The maximum atomic E-state index is 2.80. The first-order chi connectivity index (χ1) is 42.9. The fourth-order valence-electron chi connectivity index (χ4n) is 16.2. The van der Waals surface area contributed by atoms with Crippen molar-refractivity contribution < 1.29 is 0 Å². The summed E-state index contributed by atoms with van der Waals surface area (Å²) in [5, 5.41) is 2.56. The van der Waals surface area contributed by atoms with Gasteiger partial charge in [0, 0.05) is 67.1 Å². The van der Waals surface area contributed by atoms with Crippen LogP contribution in [0.2, 0.25) is 0 Å². The zero-order chi connectivity index (χ0) is 59.1. The Morgan fingerprint density at radius 1 is 0.250 bits per heavy atom. The highest BCUT2D eigenvalue weighted by atomic mass is 15.2. The van der Waals surface area contributed by atoms with E-state index in [0.29, 0.717) is 0 Å². The minimum atomic E-state index is -0.137. The standard InChI is InChI=1S/C82H62B2N4/c1-47-27-31-51(5)67(39-47)55-15-9-17-59(43-55)85-73-25-13-19-61-63-21-11-23-65-79(63)87(83(77(61)73)71-37-35-57(45-75(71)85)69-41-49(3)29-33-53(69)7)81-66-24-12-22-64-62-20-14-26-74-78(62)84(88(80(64)66)82(65)81)72-38-36-58(70-42-50(4)30-34-54(70)8)46-76(72)86(74)60-18-10-16-56(44-60)68-40-48(2)28-32-52(68)6/h9-46H,1-8H3. The van der Waals surface area contributed by atoms with E-state index in [0.717, 1.165) is 11.4 Å². The number of aryl methyl sites for hydroxylation is 8. The van der Waals surface area contributed by atoms with Crippen LogP contribution in [0.1, 0.15) is 44.5 Å². The minimum absolute atomic E-state index is 0.137. The normalized spacial score (nSPS) is 13.1. The maximum absolute atomic E-state index is 2.80. The first-order valence-corrected chi connectivity index (χ1v) is 31.2. The molecule has 88 heavy (non-hydrogen) atoms. The molecule has 0 saturated carbocycles. The third-order valence-electron chi connectivity index (χ3n) is 20.2. The lowest BCUT2D eigenvalue weighted by molar-refractivity contribution is 1.25. The second-order valence-electron chi connectivity index (χ2n) is 25.7. The van der Waals surface area contributed by atoms with Crippen LogP contribution in [0, 0.1) is 55.4 Å². The van der Waals surface area contributed by atoms with Crippen molar-refractivity contribution in [2.45, 2.75) is 55.4 Å². The van der Waals surface area contributed by atoms with Gasteiger partial charge in [-0.2, -0.15) is 0 Å². The van der Waals surface area contributed by atoms with Crippen molar-refractivity contribution in [2.75, 3.05) is 9.80 Å². The van der Waals surface area contributed by atoms with Crippen molar-refractivity contribution in [1.82, 2.24) is 8.96 Å². The summed E-state index contributed by atoms with van der Waals surface area (Å²) in [6.07, 6.45) is 0. The largest absolute Gasteiger partial charge is 0.374 e. The number of para-hydroxylation sites is 2. The van der Waals surface area contributed by atoms with E-state index in [1.807, 2.05) is 0 Å². The molecular weight excluding hydrogens is 1060 g/mol. The molecule has 4 nitrogen and oxygen atoms in total. The summed E-state index contributed by atoms with van der Waals surface area (Å²) in [5.74, 6) is 0.